The van der Waals surface area contributed by atoms with Crippen LogP contribution in [-0.4, -0.2) is 19.5 Å². The minimum Gasteiger partial charge on any atom is -0.493 e. The first kappa shape index (κ1) is 14.4. The van der Waals surface area contributed by atoms with E-state index in [1.165, 1.54) is 0 Å². The van der Waals surface area contributed by atoms with Gasteiger partial charge in [0, 0.05) is 10.8 Å². The first-order valence-corrected chi connectivity index (χ1v) is 7.08. The van der Waals surface area contributed by atoms with E-state index in [2.05, 4.69) is 6.92 Å². The van der Waals surface area contributed by atoms with Crippen LogP contribution in [0.2, 0.25) is 0 Å². The lowest BCUT2D eigenvalue weighted by Crippen LogP contribution is -2.01. The highest BCUT2D eigenvalue weighted by Gasteiger charge is 2.11. The number of rotatable bonds is 7. The molecular formula is C17H20O3. The van der Waals surface area contributed by atoms with Crippen LogP contribution >= 0.6 is 0 Å². The summed E-state index contributed by atoms with van der Waals surface area (Å²) in [5.41, 5.74) is 0.582. The maximum absolute atomic E-state index is 11.2. The van der Waals surface area contributed by atoms with Gasteiger partial charge in [-0.3, -0.25) is 4.79 Å². The number of aldehydes is 1. The summed E-state index contributed by atoms with van der Waals surface area (Å²) < 4.78 is 11.5. The average Bonchev–Trinajstić information content (AvgIpc) is 2.50. The highest BCUT2D eigenvalue weighted by molar-refractivity contribution is 5.99. The Hall–Kier alpha value is -2.03. The molecule has 3 heteroatoms. The molecule has 2 aromatic carbocycles. The Balaban J connectivity index is 2.52. The highest BCUT2D eigenvalue weighted by Crippen LogP contribution is 2.34. The van der Waals surface area contributed by atoms with Crippen molar-refractivity contribution in [2.24, 2.45) is 0 Å². The normalized spacial score (nSPS) is 10.5. The smallest absolute Gasteiger partial charge is 0.153 e. The molecule has 0 heterocycles. The summed E-state index contributed by atoms with van der Waals surface area (Å²) in [4.78, 5) is 11.2. The van der Waals surface area contributed by atoms with E-state index in [1.807, 2.05) is 31.2 Å². The molecule has 0 aromatic heterocycles. The molecule has 0 radical (unpaired) electrons. The molecule has 0 bridgehead atoms. The molecule has 0 atom stereocenters. The molecule has 0 saturated carbocycles. The van der Waals surface area contributed by atoms with E-state index in [0.717, 1.165) is 35.6 Å². The first-order valence-electron chi connectivity index (χ1n) is 7.08. The molecular weight excluding hydrogens is 252 g/mol. The Bertz CT molecular complexity index is 590. The third kappa shape index (κ3) is 2.93. The van der Waals surface area contributed by atoms with Gasteiger partial charge in [0.05, 0.1) is 18.8 Å². The van der Waals surface area contributed by atoms with Gasteiger partial charge in [0.2, 0.25) is 0 Å². The lowest BCUT2D eigenvalue weighted by molar-refractivity contribution is 0.112. The fraction of sp³-hybridized carbons (Fsp3) is 0.353. The number of ether oxygens (including phenoxy) is 2. The van der Waals surface area contributed by atoms with E-state index < -0.39 is 0 Å². The van der Waals surface area contributed by atoms with Gasteiger partial charge in [0.15, 0.2) is 6.29 Å². The molecule has 20 heavy (non-hydrogen) atoms. The Kier molecular flexibility index (Phi) is 4.99. The summed E-state index contributed by atoms with van der Waals surface area (Å²) in [6.45, 7) is 5.40. The molecule has 0 N–H and O–H groups in total. The Labute approximate surface area is 119 Å². The van der Waals surface area contributed by atoms with Crippen molar-refractivity contribution in [3.05, 3.63) is 35.9 Å². The fourth-order valence-electron chi connectivity index (χ4n) is 2.11. The van der Waals surface area contributed by atoms with E-state index in [9.17, 15) is 4.79 Å². The van der Waals surface area contributed by atoms with Gasteiger partial charge in [-0.05, 0) is 31.0 Å². The molecule has 0 amide bonds. The first-order chi connectivity index (χ1) is 9.81. The van der Waals surface area contributed by atoms with Crippen LogP contribution in [0.1, 0.15) is 37.0 Å². The van der Waals surface area contributed by atoms with Crippen LogP contribution < -0.4 is 9.47 Å². The lowest BCUT2D eigenvalue weighted by Gasteiger charge is -2.14. The van der Waals surface area contributed by atoms with Gasteiger partial charge < -0.3 is 9.47 Å². The molecule has 3 nitrogen and oxygen atoms in total. The zero-order valence-electron chi connectivity index (χ0n) is 12.0. The van der Waals surface area contributed by atoms with Crippen molar-refractivity contribution in [3.63, 3.8) is 0 Å². The summed E-state index contributed by atoms with van der Waals surface area (Å²) in [7, 11) is 0. The predicted molar refractivity (Wildman–Crippen MR) is 80.9 cm³/mol. The molecule has 0 aliphatic rings. The molecule has 2 rings (SSSR count). The second-order valence-corrected chi connectivity index (χ2v) is 4.65. The van der Waals surface area contributed by atoms with Crippen LogP contribution in [-0.2, 0) is 0 Å². The van der Waals surface area contributed by atoms with Gasteiger partial charge in [0.1, 0.15) is 11.5 Å². The van der Waals surface area contributed by atoms with Crippen LogP contribution in [0.3, 0.4) is 0 Å². The van der Waals surface area contributed by atoms with Crippen molar-refractivity contribution in [3.8, 4) is 11.5 Å². The molecule has 2 aromatic rings. The zero-order valence-corrected chi connectivity index (χ0v) is 12.0. The zero-order chi connectivity index (χ0) is 14.4. The van der Waals surface area contributed by atoms with Crippen LogP contribution in [0, 0.1) is 0 Å². The van der Waals surface area contributed by atoms with Crippen molar-refractivity contribution in [1.29, 1.82) is 0 Å². The standard InChI is InChI=1S/C17H20O3/c1-3-10-19-16-7-5-6-15-14(16)9-8-13(12-18)17(15)20-11-4-2/h5-9,12H,3-4,10-11H2,1-2H3. The van der Waals surface area contributed by atoms with E-state index in [0.29, 0.717) is 24.5 Å². The third-order valence-electron chi connectivity index (χ3n) is 3.04. The van der Waals surface area contributed by atoms with Crippen LogP contribution in [0.15, 0.2) is 30.3 Å². The summed E-state index contributed by atoms with van der Waals surface area (Å²) in [5.74, 6) is 1.49. The minimum atomic E-state index is 0.582. The van der Waals surface area contributed by atoms with Crippen molar-refractivity contribution in [2.45, 2.75) is 26.7 Å². The summed E-state index contributed by atoms with van der Waals surface area (Å²) in [5, 5.41) is 1.91. The van der Waals surface area contributed by atoms with Gasteiger partial charge in [-0.25, -0.2) is 0 Å². The quantitative estimate of drug-likeness (QED) is 0.707. The number of carbonyl (C=O) groups is 1. The number of hydrogen-bond acceptors (Lipinski definition) is 3. The number of carbonyl (C=O) groups excluding carboxylic acids is 1. The molecule has 0 saturated heterocycles. The molecule has 0 aliphatic heterocycles. The monoisotopic (exact) mass is 272 g/mol. The average molecular weight is 272 g/mol. The number of benzene rings is 2. The van der Waals surface area contributed by atoms with Crippen LogP contribution in [0.4, 0.5) is 0 Å². The minimum absolute atomic E-state index is 0.582. The lowest BCUT2D eigenvalue weighted by atomic mass is 10.0. The Morgan fingerprint density at radius 3 is 2.40 bits per heavy atom. The largest absolute Gasteiger partial charge is 0.493 e. The molecule has 0 unspecified atom stereocenters. The Morgan fingerprint density at radius 2 is 1.70 bits per heavy atom. The van der Waals surface area contributed by atoms with Gasteiger partial charge in [-0.15, -0.1) is 0 Å². The van der Waals surface area contributed by atoms with E-state index in [4.69, 9.17) is 9.47 Å². The van der Waals surface area contributed by atoms with E-state index >= 15 is 0 Å². The Morgan fingerprint density at radius 1 is 0.950 bits per heavy atom. The van der Waals surface area contributed by atoms with Gasteiger partial charge in [0.25, 0.3) is 0 Å². The summed E-state index contributed by atoms with van der Waals surface area (Å²) >= 11 is 0. The summed E-state index contributed by atoms with van der Waals surface area (Å²) in [6.07, 6.45) is 2.70. The molecule has 0 fully saturated rings. The van der Waals surface area contributed by atoms with Crippen LogP contribution in [0.5, 0.6) is 11.5 Å². The van der Waals surface area contributed by atoms with Gasteiger partial charge >= 0.3 is 0 Å². The molecule has 106 valence electrons. The van der Waals surface area contributed by atoms with Crippen molar-refractivity contribution < 1.29 is 14.3 Å². The fourth-order valence-corrected chi connectivity index (χ4v) is 2.11. The molecule has 0 spiro atoms. The third-order valence-corrected chi connectivity index (χ3v) is 3.04. The predicted octanol–water partition coefficient (Wildman–Crippen LogP) is 4.23. The van der Waals surface area contributed by atoms with Crippen LogP contribution in [0.25, 0.3) is 10.8 Å². The van der Waals surface area contributed by atoms with Crippen molar-refractivity contribution >= 4 is 17.1 Å². The summed E-state index contributed by atoms with van der Waals surface area (Å²) in [6, 6.07) is 9.55. The topological polar surface area (TPSA) is 35.5 Å². The second kappa shape index (κ2) is 6.94. The highest BCUT2D eigenvalue weighted by atomic mass is 16.5. The second-order valence-electron chi connectivity index (χ2n) is 4.65. The van der Waals surface area contributed by atoms with Gasteiger partial charge in [-0.1, -0.05) is 26.0 Å². The van der Waals surface area contributed by atoms with Gasteiger partial charge in [-0.2, -0.15) is 0 Å². The van der Waals surface area contributed by atoms with Crippen molar-refractivity contribution in [2.75, 3.05) is 13.2 Å². The van der Waals surface area contributed by atoms with E-state index in [-0.39, 0.29) is 0 Å². The maximum Gasteiger partial charge on any atom is 0.153 e. The van der Waals surface area contributed by atoms with Crippen molar-refractivity contribution in [1.82, 2.24) is 0 Å². The van der Waals surface area contributed by atoms with E-state index in [1.54, 1.807) is 6.07 Å². The number of hydrogen-bond donors (Lipinski definition) is 0. The molecule has 0 aliphatic carbocycles. The SMILES string of the molecule is CCCOc1cccc2c(OCCC)c(C=O)ccc12. The number of fused-ring (bicyclic) bond motifs is 1. The maximum atomic E-state index is 11.2.